The number of nitrogens with one attached hydrogen (secondary N) is 1. The van der Waals surface area contributed by atoms with Crippen molar-refractivity contribution >= 4 is 11.6 Å². The Kier molecular flexibility index (Phi) is 4.87. The molecule has 8 nitrogen and oxygen atoms in total. The molecule has 0 bridgehead atoms. The highest BCUT2D eigenvalue weighted by molar-refractivity contribution is 5.94. The minimum atomic E-state index is -0.892. The number of carbonyl (C=O) groups is 1. The summed E-state index contributed by atoms with van der Waals surface area (Å²) >= 11 is 0. The van der Waals surface area contributed by atoms with Crippen molar-refractivity contribution in [2.75, 3.05) is 11.9 Å². The zero-order valence-electron chi connectivity index (χ0n) is 16.8. The Bertz CT molecular complexity index is 733. The number of hydrogen-bond acceptors (Lipinski definition) is 7. The van der Waals surface area contributed by atoms with Gasteiger partial charge in [0.15, 0.2) is 24.0 Å². The molecule has 1 N–H and O–H groups in total. The second-order valence-electron chi connectivity index (χ2n) is 8.04. The van der Waals surface area contributed by atoms with Gasteiger partial charge in [-0.1, -0.05) is 0 Å². The Morgan fingerprint density at radius 1 is 0.964 bits per heavy atom. The maximum Gasteiger partial charge on any atom is 0.256 e. The molecule has 3 aliphatic heterocycles. The van der Waals surface area contributed by atoms with Crippen LogP contribution in [0.3, 0.4) is 0 Å². The van der Waals surface area contributed by atoms with Gasteiger partial charge in [0.2, 0.25) is 0 Å². The molecule has 1 amide bonds. The summed E-state index contributed by atoms with van der Waals surface area (Å²) in [4.78, 5) is 13.0. The third-order valence-corrected chi connectivity index (χ3v) is 4.85. The minimum absolute atomic E-state index is 0.327. The number of anilines is 1. The third-order valence-electron chi connectivity index (χ3n) is 4.85. The quantitative estimate of drug-likeness (QED) is 0.841. The average molecular weight is 393 g/mol. The summed E-state index contributed by atoms with van der Waals surface area (Å²) in [5, 5.41) is 2.87. The molecule has 3 aliphatic rings. The van der Waals surface area contributed by atoms with E-state index in [1.165, 1.54) is 0 Å². The topological polar surface area (TPSA) is 84.5 Å². The van der Waals surface area contributed by atoms with Crippen LogP contribution in [0.2, 0.25) is 0 Å². The highest BCUT2D eigenvalue weighted by Gasteiger charge is 2.62. The number of amides is 1. The lowest BCUT2D eigenvalue weighted by atomic mass is 9.98. The maximum absolute atomic E-state index is 13.0. The van der Waals surface area contributed by atoms with Gasteiger partial charge in [0.25, 0.3) is 5.91 Å². The molecule has 3 saturated heterocycles. The second-order valence-corrected chi connectivity index (χ2v) is 8.04. The first-order valence-corrected chi connectivity index (χ1v) is 9.58. The molecule has 28 heavy (non-hydrogen) atoms. The van der Waals surface area contributed by atoms with Gasteiger partial charge in [-0.05, 0) is 58.9 Å². The van der Waals surface area contributed by atoms with Crippen LogP contribution < -0.4 is 10.1 Å². The Labute approximate surface area is 164 Å². The van der Waals surface area contributed by atoms with E-state index >= 15 is 0 Å². The molecule has 0 aliphatic carbocycles. The number of ether oxygens (including phenoxy) is 6. The number of fused-ring (bicyclic) bond motifs is 3. The van der Waals surface area contributed by atoms with Gasteiger partial charge in [-0.25, -0.2) is 0 Å². The van der Waals surface area contributed by atoms with E-state index in [0.717, 1.165) is 5.75 Å². The van der Waals surface area contributed by atoms with Gasteiger partial charge in [0, 0.05) is 5.69 Å². The second kappa shape index (κ2) is 6.96. The van der Waals surface area contributed by atoms with Crippen molar-refractivity contribution in [1.29, 1.82) is 0 Å². The van der Waals surface area contributed by atoms with E-state index in [1.807, 2.05) is 20.8 Å². The predicted molar refractivity (Wildman–Crippen MR) is 98.8 cm³/mol. The Hall–Kier alpha value is -1.71. The van der Waals surface area contributed by atoms with Crippen LogP contribution in [-0.4, -0.2) is 54.8 Å². The Morgan fingerprint density at radius 3 is 2.25 bits per heavy atom. The van der Waals surface area contributed by atoms with Crippen LogP contribution in [0.25, 0.3) is 0 Å². The van der Waals surface area contributed by atoms with E-state index < -0.39 is 42.3 Å². The number of hydrogen-bond donors (Lipinski definition) is 1. The van der Waals surface area contributed by atoms with Crippen LogP contribution >= 0.6 is 0 Å². The number of rotatable bonds is 4. The van der Waals surface area contributed by atoms with Crippen molar-refractivity contribution in [1.82, 2.24) is 0 Å². The first-order chi connectivity index (χ1) is 13.2. The lowest BCUT2D eigenvalue weighted by Gasteiger charge is -2.36. The SMILES string of the molecule is CCOc1ccc(NC(=O)[C@@H]2O[C@@H]3OC(C)(C)O[C@@H]3[C@H]3OC(C)(C)O[C@H]32)cc1. The average Bonchev–Trinajstić information content (AvgIpc) is 3.10. The minimum Gasteiger partial charge on any atom is -0.494 e. The van der Waals surface area contributed by atoms with Gasteiger partial charge in [-0.15, -0.1) is 0 Å². The van der Waals surface area contributed by atoms with Crippen molar-refractivity contribution in [2.24, 2.45) is 0 Å². The highest BCUT2D eigenvalue weighted by Crippen LogP contribution is 2.44. The molecule has 0 spiro atoms. The fraction of sp³-hybridized carbons (Fsp3) is 0.650. The van der Waals surface area contributed by atoms with Crippen molar-refractivity contribution < 1.29 is 33.2 Å². The number of carbonyl (C=O) groups excluding carboxylic acids is 1. The van der Waals surface area contributed by atoms with E-state index in [0.29, 0.717) is 12.3 Å². The molecule has 0 saturated carbocycles. The molecule has 1 aromatic rings. The van der Waals surface area contributed by atoms with E-state index in [9.17, 15) is 4.79 Å². The maximum atomic E-state index is 13.0. The van der Waals surface area contributed by atoms with Crippen LogP contribution in [0.15, 0.2) is 24.3 Å². The molecular formula is C20H27NO7. The summed E-state index contributed by atoms with van der Waals surface area (Å²) in [6.07, 6.45) is -3.12. The lowest BCUT2D eigenvalue weighted by molar-refractivity contribution is -0.229. The predicted octanol–water partition coefficient (Wildman–Crippen LogP) is 2.42. The zero-order valence-corrected chi connectivity index (χ0v) is 16.8. The first-order valence-electron chi connectivity index (χ1n) is 9.58. The Morgan fingerprint density at radius 2 is 1.57 bits per heavy atom. The van der Waals surface area contributed by atoms with Gasteiger partial charge in [-0.2, -0.15) is 0 Å². The molecule has 3 fully saturated rings. The lowest BCUT2D eigenvalue weighted by Crippen LogP contribution is -2.58. The van der Waals surface area contributed by atoms with Gasteiger partial charge in [-0.3, -0.25) is 4.79 Å². The zero-order chi connectivity index (χ0) is 20.1. The molecule has 154 valence electrons. The van der Waals surface area contributed by atoms with Crippen molar-refractivity contribution in [3.05, 3.63) is 24.3 Å². The van der Waals surface area contributed by atoms with Crippen LogP contribution in [-0.2, 0) is 28.5 Å². The van der Waals surface area contributed by atoms with E-state index in [1.54, 1.807) is 38.1 Å². The molecule has 3 heterocycles. The van der Waals surface area contributed by atoms with Gasteiger partial charge < -0.3 is 33.7 Å². The van der Waals surface area contributed by atoms with Crippen LogP contribution in [0.5, 0.6) is 5.75 Å². The Balaban J connectivity index is 1.52. The van der Waals surface area contributed by atoms with Crippen molar-refractivity contribution in [3.8, 4) is 5.75 Å². The largest absolute Gasteiger partial charge is 0.494 e. The first kappa shape index (κ1) is 19.6. The summed E-state index contributed by atoms with van der Waals surface area (Å²) in [6.45, 7) is 9.73. The monoisotopic (exact) mass is 393 g/mol. The molecule has 0 aromatic heterocycles. The molecule has 1 aromatic carbocycles. The van der Waals surface area contributed by atoms with E-state index in [4.69, 9.17) is 28.4 Å². The summed E-state index contributed by atoms with van der Waals surface area (Å²) in [6, 6.07) is 7.16. The van der Waals surface area contributed by atoms with Crippen LogP contribution in [0.1, 0.15) is 34.6 Å². The van der Waals surface area contributed by atoms with Gasteiger partial charge in [0.1, 0.15) is 24.1 Å². The normalized spacial score (nSPS) is 35.1. The fourth-order valence-electron chi connectivity index (χ4n) is 3.84. The summed E-state index contributed by atoms with van der Waals surface area (Å²) in [5.41, 5.74) is 0.637. The third kappa shape index (κ3) is 3.75. The van der Waals surface area contributed by atoms with E-state index in [-0.39, 0.29) is 5.91 Å². The molecule has 5 atom stereocenters. The van der Waals surface area contributed by atoms with Crippen LogP contribution in [0.4, 0.5) is 5.69 Å². The van der Waals surface area contributed by atoms with Crippen LogP contribution in [0, 0.1) is 0 Å². The van der Waals surface area contributed by atoms with Crippen molar-refractivity contribution in [2.45, 2.75) is 76.9 Å². The van der Waals surface area contributed by atoms with E-state index in [2.05, 4.69) is 5.32 Å². The summed E-state index contributed by atoms with van der Waals surface area (Å²) in [7, 11) is 0. The fourth-order valence-corrected chi connectivity index (χ4v) is 3.84. The molecule has 0 unspecified atom stereocenters. The standard InChI is InChI=1S/C20H27NO7/c1-6-23-12-9-7-11(8-10-12)21-17(22)15-13-14(26-19(2,3)25-13)16-18(24-15)28-20(4,5)27-16/h7-10,13-16,18H,6H2,1-5H3,(H,21,22)/t13-,14+,15-,16-,18-/m1/s1. The summed E-state index contributed by atoms with van der Waals surface area (Å²) < 4.78 is 35.2. The highest BCUT2D eigenvalue weighted by atomic mass is 16.9. The van der Waals surface area contributed by atoms with Gasteiger partial charge in [0.05, 0.1) is 6.61 Å². The molecule has 8 heteroatoms. The number of benzene rings is 1. The smallest absolute Gasteiger partial charge is 0.256 e. The molecule has 0 radical (unpaired) electrons. The summed E-state index contributed by atoms with van der Waals surface area (Å²) in [5.74, 6) is -1.25. The van der Waals surface area contributed by atoms with Crippen molar-refractivity contribution in [3.63, 3.8) is 0 Å². The molecule has 4 rings (SSSR count). The van der Waals surface area contributed by atoms with Gasteiger partial charge >= 0.3 is 0 Å². The molecular weight excluding hydrogens is 366 g/mol.